The van der Waals surface area contributed by atoms with Gasteiger partial charge in [-0.15, -0.1) is 0 Å². The monoisotopic (exact) mass is 231 g/mol. The highest BCUT2D eigenvalue weighted by Gasteiger charge is 2.18. The molecule has 15 heavy (non-hydrogen) atoms. The summed E-state index contributed by atoms with van der Waals surface area (Å²) < 4.78 is 22.9. The summed E-state index contributed by atoms with van der Waals surface area (Å²) in [5.41, 5.74) is -0.332. The van der Waals surface area contributed by atoms with Gasteiger partial charge in [-0.2, -0.15) is 5.26 Å². The fourth-order valence-electron chi connectivity index (χ4n) is 1.16. The molecule has 0 spiro atoms. The molecule has 0 N–H and O–H groups in total. The topological polar surface area (TPSA) is 57.9 Å². The van der Waals surface area contributed by atoms with E-state index in [0.29, 0.717) is 6.42 Å². The first kappa shape index (κ1) is 14.4. The first-order valence-electron chi connectivity index (χ1n) is 5.34. The van der Waals surface area contributed by atoms with Gasteiger partial charge in [-0.1, -0.05) is 6.42 Å². The molecule has 4 heteroatoms. The van der Waals surface area contributed by atoms with Gasteiger partial charge in [0.1, 0.15) is 0 Å². The van der Waals surface area contributed by atoms with Gasteiger partial charge in [0, 0.05) is 0 Å². The molecule has 0 radical (unpaired) electrons. The average Bonchev–Trinajstić information content (AvgIpc) is 2.12. The van der Waals surface area contributed by atoms with E-state index in [1.165, 1.54) is 0 Å². The Morgan fingerprint density at radius 2 is 1.80 bits per heavy atom. The Balaban J connectivity index is 3.89. The van der Waals surface area contributed by atoms with Crippen LogP contribution in [-0.2, 0) is 9.84 Å². The molecule has 0 saturated heterocycles. The Labute approximate surface area is 93.4 Å². The Morgan fingerprint density at radius 3 is 2.20 bits per heavy atom. The smallest absolute Gasteiger partial charge is 0.152 e. The molecule has 0 amide bonds. The maximum Gasteiger partial charge on any atom is 0.152 e. The molecule has 0 aliphatic heterocycles. The molecule has 3 nitrogen and oxygen atoms in total. The highest BCUT2D eigenvalue weighted by Crippen LogP contribution is 2.22. The molecule has 0 aromatic rings. The van der Waals surface area contributed by atoms with Crippen molar-refractivity contribution < 1.29 is 8.42 Å². The van der Waals surface area contributed by atoms with Crippen LogP contribution < -0.4 is 0 Å². The molecule has 0 aliphatic rings. The predicted molar refractivity (Wildman–Crippen MR) is 62.2 cm³/mol. The number of rotatable bonds is 6. The van der Waals surface area contributed by atoms with Gasteiger partial charge in [0.05, 0.1) is 22.5 Å². The number of nitriles is 1. The van der Waals surface area contributed by atoms with Crippen molar-refractivity contribution in [2.45, 2.75) is 52.2 Å². The molecule has 0 heterocycles. The van der Waals surface area contributed by atoms with Crippen LogP contribution in [0.2, 0.25) is 0 Å². The maximum absolute atomic E-state index is 11.5. The van der Waals surface area contributed by atoms with Crippen molar-refractivity contribution in [2.24, 2.45) is 5.41 Å². The van der Waals surface area contributed by atoms with Crippen LogP contribution in [-0.4, -0.2) is 19.4 Å². The largest absolute Gasteiger partial charge is 0.229 e. The van der Waals surface area contributed by atoms with Gasteiger partial charge in [0.15, 0.2) is 9.84 Å². The third-order valence-electron chi connectivity index (χ3n) is 2.50. The van der Waals surface area contributed by atoms with E-state index in [-0.39, 0.29) is 16.4 Å². The lowest BCUT2D eigenvalue weighted by Crippen LogP contribution is -2.18. The van der Waals surface area contributed by atoms with E-state index in [2.05, 4.69) is 6.07 Å². The zero-order valence-corrected chi connectivity index (χ0v) is 10.9. The lowest BCUT2D eigenvalue weighted by Gasteiger charge is -2.14. The van der Waals surface area contributed by atoms with Crippen molar-refractivity contribution >= 4 is 9.84 Å². The zero-order valence-electron chi connectivity index (χ0n) is 10.1. The van der Waals surface area contributed by atoms with Crippen LogP contribution in [0.25, 0.3) is 0 Å². The molecule has 0 rings (SSSR count). The fraction of sp³-hybridized carbons (Fsp3) is 0.909. The van der Waals surface area contributed by atoms with E-state index in [0.717, 1.165) is 12.8 Å². The summed E-state index contributed by atoms with van der Waals surface area (Å²) in [6.07, 6.45) is 2.22. The molecule has 0 aromatic carbocycles. The second-order valence-corrected chi connectivity index (χ2v) is 7.55. The van der Waals surface area contributed by atoms with Gasteiger partial charge in [0.25, 0.3) is 0 Å². The van der Waals surface area contributed by atoms with Gasteiger partial charge in [-0.3, -0.25) is 0 Å². The van der Waals surface area contributed by atoms with Crippen LogP contribution in [0.5, 0.6) is 0 Å². The van der Waals surface area contributed by atoms with Crippen molar-refractivity contribution in [3.63, 3.8) is 0 Å². The van der Waals surface area contributed by atoms with Gasteiger partial charge < -0.3 is 0 Å². The first-order chi connectivity index (χ1) is 6.71. The molecular weight excluding hydrogens is 210 g/mol. The number of hydrogen-bond acceptors (Lipinski definition) is 3. The Bertz CT molecular complexity index is 323. The molecule has 0 atom stereocenters. The van der Waals surface area contributed by atoms with Gasteiger partial charge in [-0.25, -0.2) is 8.42 Å². The lowest BCUT2D eigenvalue weighted by atomic mass is 9.89. The zero-order chi connectivity index (χ0) is 12.1. The summed E-state index contributed by atoms with van der Waals surface area (Å²) in [5, 5.41) is 8.48. The van der Waals surface area contributed by atoms with Crippen molar-refractivity contribution in [1.29, 1.82) is 5.26 Å². The number of hydrogen-bond donors (Lipinski definition) is 0. The van der Waals surface area contributed by atoms with Gasteiger partial charge in [-0.05, 0) is 40.5 Å². The lowest BCUT2D eigenvalue weighted by molar-refractivity contribution is 0.431. The maximum atomic E-state index is 11.5. The molecule has 0 unspecified atom stereocenters. The van der Waals surface area contributed by atoms with E-state index in [1.807, 2.05) is 13.8 Å². The van der Waals surface area contributed by atoms with E-state index in [4.69, 9.17) is 5.26 Å². The molecule has 0 fully saturated rings. The van der Waals surface area contributed by atoms with Crippen LogP contribution in [0.4, 0.5) is 0 Å². The Hall–Kier alpha value is -0.560. The summed E-state index contributed by atoms with van der Waals surface area (Å²) in [6, 6.07) is 2.21. The minimum absolute atomic E-state index is 0.242. The second-order valence-electron chi connectivity index (χ2n) is 4.87. The third kappa shape index (κ3) is 5.78. The minimum Gasteiger partial charge on any atom is -0.229 e. The minimum atomic E-state index is -2.91. The second kappa shape index (κ2) is 5.50. The third-order valence-corrected chi connectivity index (χ3v) is 4.80. The average molecular weight is 231 g/mol. The predicted octanol–water partition coefficient (Wildman–Crippen LogP) is 2.53. The summed E-state index contributed by atoms with van der Waals surface area (Å²) in [5.74, 6) is 0.242. The van der Waals surface area contributed by atoms with Crippen LogP contribution >= 0.6 is 0 Å². The van der Waals surface area contributed by atoms with Crippen LogP contribution in [0.3, 0.4) is 0 Å². The SMILES string of the molecule is CC(C)S(=O)(=O)CCCCC(C)(C)C#N. The molecule has 0 aliphatic carbocycles. The van der Waals surface area contributed by atoms with E-state index in [1.54, 1.807) is 13.8 Å². The molecule has 0 saturated carbocycles. The van der Waals surface area contributed by atoms with Crippen LogP contribution in [0, 0.1) is 16.7 Å². The van der Waals surface area contributed by atoms with Crippen molar-refractivity contribution in [3.8, 4) is 6.07 Å². The molecule has 0 bridgehead atoms. The van der Waals surface area contributed by atoms with E-state index < -0.39 is 9.84 Å². The van der Waals surface area contributed by atoms with Gasteiger partial charge >= 0.3 is 0 Å². The highest BCUT2D eigenvalue weighted by atomic mass is 32.2. The highest BCUT2D eigenvalue weighted by molar-refractivity contribution is 7.91. The van der Waals surface area contributed by atoms with Crippen LogP contribution in [0.1, 0.15) is 47.0 Å². The van der Waals surface area contributed by atoms with E-state index >= 15 is 0 Å². The summed E-state index contributed by atoms with van der Waals surface area (Å²) >= 11 is 0. The Kier molecular flexibility index (Phi) is 5.30. The fourth-order valence-corrected chi connectivity index (χ4v) is 2.24. The summed E-state index contributed by atoms with van der Waals surface area (Å²) in [6.45, 7) is 7.16. The van der Waals surface area contributed by atoms with Gasteiger partial charge in [0.2, 0.25) is 0 Å². The first-order valence-corrected chi connectivity index (χ1v) is 7.05. The standard InChI is InChI=1S/C11H21NO2S/c1-10(2)15(13,14)8-6-5-7-11(3,4)9-12/h10H,5-8H2,1-4H3. The quantitative estimate of drug-likeness (QED) is 0.660. The van der Waals surface area contributed by atoms with Crippen molar-refractivity contribution in [2.75, 3.05) is 5.75 Å². The van der Waals surface area contributed by atoms with Crippen molar-refractivity contribution in [1.82, 2.24) is 0 Å². The number of nitrogens with zero attached hydrogens (tertiary/aromatic N) is 1. The molecular formula is C11H21NO2S. The molecule has 88 valence electrons. The molecule has 0 aromatic heterocycles. The summed E-state index contributed by atoms with van der Waals surface area (Å²) in [4.78, 5) is 0. The van der Waals surface area contributed by atoms with E-state index in [9.17, 15) is 8.42 Å². The summed E-state index contributed by atoms with van der Waals surface area (Å²) in [7, 11) is -2.91. The van der Waals surface area contributed by atoms with Crippen molar-refractivity contribution in [3.05, 3.63) is 0 Å². The Morgan fingerprint density at radius 1 is 1.27 bits per heavy atom. The number of unbranched alkanes of at least 4 members (excludes halogenated alkanes) is 1. The van der Waals surface area contributed by atoms with Crippen LogP contribution in [0.15, 0.2) is 0 Å². The normalized spacial score (nSPS) is 12.8. The number of sulfone groups is 1.